The minimum absolute atomic E-state index is 0.00818. The van der Waals surface area contributed by atoms with Crippen molar-refractivity contribution in [2.75, 3.05) is 16.3 Å². The molecular weight excluding hydrogens is 328 g/mol. The predicted octanol–water partition coefficient (Wildman–Crippen LogP) is 2.61. The Morgan fingerprint density at radius 3 is 1.69 bits per heavy atom. The molecule has 26 heavy (non-hydrogen) atoms. The van der Waals surface area contributed by atoms with Crippen molar-refractivity contribution in [3.05, 3.63) is 84.0 Å². The monoisotopic (exact) mass is 344 g/mol. The lowest BCUT2D eigenvalue weighted by atomic mass is 10.0. The summed E-state index contributed by atoms with van der Waals surface area (Å²) in [5.41, 5.74) is 3.66. The third-order valence-electron chi connectivity index (χ3n) is 4.47. The molecule has 4 rings (SSSR count). The van der Waals surface area contributed by atoms with E-state index in [2.05, 4.69) is 0 Å². The highest BCUT2D eigenvalue weighted by Crippen LogP contribution is 2.22. The van der Waals surface area contributed by atoms with Crippen molar-refractivity contribution < 1.29 is 14.4 Å². The van der Waals surface area contributed by atoms with Crippen molar-refractivity contribution >= 4 is 29.1 Å². The Morgan fingerprint density at radius 1 is 0.654 bits per heavy atom. The number of nitrogens with zero attached hydrogens (tertiary/aromatic N) is 2. The molecule has 0 fully saturated rings. The molecule has 0 atom stereocenters. The maximum atomic E-state index is 11.7. The van der Waals surface area contributed by atoms with Gasteiger partial charge < -0.3 is 4.90 Å². The number of imide groups is 1. The maximum Gasteiger partial charge on any atom is 0.258 e. The molecule has 0 aromatic heterocycles. The van der Waals surface area contributed by atoms with Gasteiger partial charge in [-0.3, -0.25) is 14.4 Å². The van der Waals surface area contributed by atoms with Crippen LogP contribution >= 0.6 is 0 Å². The molecule has 3 amide bonds. The molecule has 0 N–H and O–H groups in total. The van der Waals surface area contributed by atoms with Gasteiger partial charge in [0, 0.05) is 30.5 Å². The zero-order valence-corrected chi connectivity index (χ0v) is 14.0. The van der Waals surface area contributed by atoms with Gasteiger partial charge in [-0.2, -0.15) is 0 Å². The van der Waals surface area contributed by atoms with Crippen molar-refractivity contribution in [2.24, 2.45) is 0 Å². The highest BCUT2D eigenvalue weighted by molar-refractivity contribution is 6.28. The van der Waals surface area contributed by atoms with Gasteiger partial charge in [-0.25, -0.2) is 4.90 Å². The summed E-state index contributed by atoms with van der Waals surface area (Å²) in [6, 6.07) is 15.3. The second-order valence-corrected chi connectivity index (χ2v) is 6.21. The van der Waals surface area contributed by atoms with Crippen LogP contribution in [0.5, 0.6) is 0 Å². The van der Waals surface area contributed by atoms with Gasteiger partial charge in [-0.1, -0.05) is 30.3 Å². The number of rotatable bonds is 4. The topological polar surface area (TPSA) is 57.7 Å². The average Bonchev–Trinajstić information content (AvgIpc) is 3.22. The Hall–Kier alpha value is -3.47. The highest BCUT2D eigenvalue weighted by atomic mass is 16.2. The van der Waals surface area contributed by atoms with Crippen molar-refractivity contribution in [1.82, 2.24) is 0 Å². The van der Waals surface area contributed by atoms with Gasteiger partial charge in [0.05, 0.1) is 5.69 Å². The normalized spacial score (nSPS) is 16.2. The van der Waals surface area contributed by atoms with Gasteiger partial charge in [0.2, 0.25) is 0 Å². The number of carbonyl (C=O) groups excluding carboxylic acids is 3. The molecule has 0 saturated heterocycles. The van der Waals surface area contributed by atoms with Crippen molar-refractivity contribution in [2.45, 2.75) is 6.42 Å². The fourth-order valence-electron chi connectivity index (χ4n) is 3.12. The SMILES string of the molecule is O=C1C=CCN1c1ccc(Cc2ccc(N3C(=O)C=CC3=O)cc2)cc1. The number of hydrogen-bond acceptors (Lipinski definition) is 3. The van der Waals surface area contributed by atoms with Gasteiger partial charge in [-0.15, -0.1) is 0 Å². The number of amides is 3. The molecular formula is C21H16N2O3. The van der Waals surface area contributed by atoms with Crippen LogP contribution in [0.25, 0.3) is 0 Å². The molecule has 2 heterocycles. The number of anilines is 2. The van der Waals surface area contributed by atoms with E-state index in [0.29, 0.717) is 12.2 Å². The summed E-state index contributed by atoms with van der Waals surface area (Å²) >= 11 is 0. The van der Waals surface area contributed by atoms with Gasteiger partial charge in [-0.05, 0) is 41.8 Å². The molecule has 2 aromatic carbocycles. The van der Waals surface area contributed by atoms with E-state index in [1.54, 1.807) is 23.1 Å². The Labute approximate surface area is 150 Å². The highest BCUT2D eigenvalue weighted by Gasteiger charge is 2.24. The number of hydrogen-bond donors (Lipinski definition) is 0. The zero-order valence-electron chi connectivity index (χ0n) is 14.0. The minimum atomic E-state index is -0.315. The Morgan fingerprint density at radius 2 is 1.19 bits per heavy atom. The number of carbonyl (C=O) groups is 3. The Balaban J connectivity index is 1.45. The van der Waals surface area contributed by atoms with E-state index in [-0.39, 0.29) is 17.7 Å². The fourth-order valence-corrected chi connectivity index (χ4v) is 3.12. The van der Waals surface area contributed by atoms with E-state index in [1.165, 1.54) is 12.2 Å². The van der Waals surface area contributed by atoms with Crippen LogP contribution in [0.3, 0.4) is 0 Å². The lowest BCUT2D eigenvalue weighted by molar-refractivity contribution is -0.120. The first kappa shape index (κ1) is 16.0. The van der Waals surface area contributed by atoms with Crippen molar-refractivity contribution in [1.29, 1.82) is 0 Å². The summed E-state index contributed by atoms with van der Waals surface area (Å²) in [4.78, 5) is 38.0. The van der Waals surface area contributed by atoms with E-state index in [1.807, 2.05) is 42.5 Å². The van der Waals surface area contributed by atoms with E-state index in [4.69, 9.17) is 0 Å². The zero-order chi connectivity index (χ0) is 18.1. The summed E-state index contributed by atoms with van der Waals surface area (Å²) in [5, 5.41) is 0. The van der Waals surface area contributed by atoms with Crippen LogP contribution < -0.4 is 9.80 Å². The Bertz CT molecular complexity index is 922. The summed E-state index contributed by atoms with van der Waals surface area (Å²) in [6.45, 7) is 0.614. The molecule has 2 aliphatic rings. The van der Waals surface area contributed by atoms with E-state index in [9.17, 15) is 14.4 Å². The van der Waals surface area contributed by atoms with Gasteiger partial charge in [0.15, 0.2) is 0 Å². The first-order valence-electron chi connectivity index (χ1n) is 8.34. The van der Waals surface area contributed by atoms with Gasteiger partial charge in [0.25, 0.3) is 17.7 Å². The largest absolute Gasteiger partial charge is 0.305 e. The molecule has 0 saturated carbocycles. The smallest absolute Gasteiger partial charge is 0.258 e. The molecule has 0 spiro atoms. The maximum absolute atomic E-state index is 11.7. The molecule has 2 aromatic rings. The van der Waals surface area contributed by atoms with Crippen molar-refractivity contribution in [3.8, 4) is 0 Å². The van der Waals surface area contributed by atoms with E-state index >= 15 is 0 Å². The van der Waals surface area contributed by atoms with Crippen LogP contribution in [0.2, 0.25) is 0 Å². The fraction of sp³-hybridized carbons (Fsp3) is 0.0952. The number of benzene rings is 2. The lowest BCUT2D eigenvalue weighted by Crippen LogP contribution is -2.29. The van der Waals surface area contributed by atoms with Crippen LogP contribution in [0.1, 0.15) is 11.1 Å². The third-order valence-corrected chi connectivity index (χ3v) is 4.47. The van der Waals surface area contributed by atoms with E-state index in [0.717, 1.165) is 28.1 Å². The van der Waals surface area contributed by atoms with Gasteiger partial charge in [0.1, 0.15) is 0 Å². The molecule has 0 aliphatic carbocycles. The summed E-state index contributed by atoms with van der Waals surface area (Å²) in [5.74, 6) is -0.623. The van der Waals surface area contributed by atoms with Crippen LogP contribution in [-0.2, 0) is 20.8 Å². The lowest BCUT2D eigenvalue weighted by Gasteiger charge is -2.16. The van der Waals surface area contributed by atoms with Crippen LogP contribution in [0.4, 0.5) is 11.4 Å². The minimum Gasteiger partial charge on any atom is -0.305 e. The standard InChI is InChI=1S/C21H16N2O3/c24-19-2-1-13-22(19)17-7-3-15(4-8-17)14-16-5-9-18(10-6-16)23-20(25)11-12-21(23)26/h1-12H,13-14H2. The molecule has 0 bridgehead atoms. The molecule has 128 valence electrons. The van der Waals surface area contributed by atoms with Crippen LogP contribution in [0.15, 0.2) is 72.8 Å². The summed E-state index contributed by atoms with van der Waals surface area (Å²) < 4.78 is 0. The predicted molar refractivity (Wildman–Crippen MR) is 98.8 cm³/mol. The molecule has 0 radical (unpaired) electrons. The summed E-state index contributed by atoms with van der Waals surface area (Å²) in [7, 11) is 0. The Kier molecular flexibility index (Phi) is 3.97. The third kappa shape index (κ3) is 2.95. The average molecular weight is 344 g/mol. The second-order valence-electron chi connectivity index (χ2n) is 6.21. The molecule has 5 nitrogen and oxygen atoms in total. The second kappa shape index (κ2) is 6.44. The molecule has 0 unspecified atom stereocenters. The van der Waals surface area contributed by atoms with E-state index < -0.39 is 0 Å². The quantitative estimate of drug-likeness (QED) is 0.801. The summed E-state index contributed by atoms with van der Waals surface area (Å²) in [6.07, 6.45) is 6.72. The van der Waals surface area contributed by atoms with Crippen LogP contribution in [-0.4, -0.2) is 24.3 Å². The molecule has 2 aliphatic heterocycles. The van der Waals surface area contributed by atoms with Crippen molar-refractivity contribution in [3.63, 3.8) is 0 Å². The molecule has 5 heteroatoms. The first-order valence-corrected chi connectivity index (χ1v) is 8.34. The van der Waals surface area contributed by atoms with Gasteiger partial charge >= 0.3 is 0 Å². The first-order chi connectivity index (χ1) is 12.6. The van der Waals surface area contributed by atoms with Crippen LogP contribution in [0, 0.1) is 0 Å².